The van der Waals surface area contributed by atoms with Crippen LogP contribution >= 0.6 is 23.8 Å². The Morgan fingerprint density at radius 2 is 1.79 bits per heavy atom. The maximum absolute atomic E-state index is 6.18. The first kappa shape index (κ1) is 18.6. The van der Waals surface area contributed by atoms with Crippen molar-refractivity contribution in [1.82, 2.24) is 5.32 Å². The Morgan fingerprint density at radius 1 is 1.12 bits per heavy atom. The van der Waals surface area contributed by atoms with E-state index < -0.39 is 0 Å². The van der Waals surface area contributed by atoms with Crippen LogP contribution in [0.15, 0.2) is 48.5 Å². The first-order valence-corrected chi connectivity index (χ1v) is 8.74. The summed E-state index contributed by atoms with van der Waals surface area (Å²) in [4.78, 5) is 0. The lowest BCUT2D eigenvalue weighted by Gasteiger charge is -2.23. The molecule has 2 N–H and O–H groups in total. The number of rotatable bonds is 6. The Balaban J connectivity index is 2.10. The maximum atomic E-state index is 6.18. The van der Waals surface area contributed by atoms with Crippen LogP contribution in [0.25, 0.3) is 0 Å². The van der Waals surface area contributed by atoms with E-state index in [1.165, 1.54) is 5.56 Å². The molecule has 0 amide bonds. The van der Waals surface area contributed by atoms with Crippen molar-refractivity contribution >= 4 is 34.6 Å². The zero-order valence-corrected chi connectivity index (χ0v) is 15.7. The number of methoxy groups -OCH3 is 1. The minimum atomic E-state index is 0.124. The lowest BCUT2D eigenvalue weighted by atomic mass is 9.97. The van der Waals surface area contributed by atoms with Gasteiger partial charge in [0.05, 0.1) is 23.9 Å². The minimum absolute atomic E-state index is 0.124. The molecule has 0 fully saturated rings. The lowest BCUT2D eigenvalue weighted by molar-refractivity contribution is 0.414. The molecule has 1 atom stereocenters. The van der Waals surface area contributed by atoms with Gasteiger partial charge in [0, 0.05) is 0 Å². The molecule has 0 spiro atoms. The molecule has 0 heterocycles. The number of nitrogens with one attached hydrogen (secondary N) is 2. The summed E-state index contributed by atoms with van der Waals surface area (Å²) in [6.45, 7) is 4.39. The van der Waals surface area contributed by atoms with Gasteiger partial charge in [0.25, 0.3) is 0 Å². The van der Waals surface area contributed by atoms with Gasteiger partial charge >= 0.3 is 0 Å². The molecule has 2 aromatic rings. The average Bonchev–Trinajstić information content (AvgIpc) is 2.56. The van der Waals surface area contributed by atoms with Crippen LogP contribution in [0.1, 0.15) is 31.9 Å². The Labute approximate surface area is 154 Å². The summed E-state index contributed by atoms with van der Waals surface area (Å²) in [7, 11) is 1.67. The van der Waals surface area contributed by atoms with Crippen LogP contribution in [0.4, 0.5) is 5.69 Å². The van der Waals surface area contributed by atoms with Crippen molar-refractivity contribution in [2.75, 3.05) is 12.4 Å². The highest BCUT2D eigenvalue weighted by molar-refractivity contribution is 7.80. The number of ether oxygens (including phenoxy) is 1. The zero-order valence-electron chi connectivity index (χ0n) is 14.2. The van der Waals surface area contributed by atoms with Crippen LogP contribution in [0.3, 0.4) is 0 Å². The second kappa shape index (κ2) is 8.90. The third-order valence-corrected chi connectivity index (χ3v) is 4.20. The largest absolute Gasteiger partial charge is 0.497 e. The van der Waals surface area contributed by atoms with Crippen molar-refractivity contribution in [3.63, 3.8) is 0 Å². The molecule has 0 bridgehead atoms. The van der Waals surface area contributed by atoms with Gasteiger partial charge in [-0.3, -0.25) is 0 Å². The molecule has 0 aliphatic rings. The Hall–Kier alpha value is -1.78. The van der Waals surface area contributed by atoms with Crippen LogP contribution in [0.2, 0.25) is 5.02 Å². The highest BCUT2D eigenvalue weighted by atomic mass is 35.5. The average molecular weight is 363 g/mol. The van der Waals surface area contributed by atoms with Crippen LogP contribution in [0, 0.1) is 5.92 Å². The molecule has 0 aromatic heterocycles. The highest BCUT2D eigenvalue weighted by Gasteiger charge is 2.15. The van der Waals surface area contributed by atoms with Gasteiger partial charge in [0.15, 0.2) is 5.11 Å². The molecule has 3 nitrogen and oxygen atoms in total. The quantitative estimate of drug-likeness (QED) is 0.672. The molecule has 2 rings (SSSR count). The van der Waals surface area contributed by atoms with Crippen molar-refractivity contribution < 1.29 is 4.74 Å². The Bertz CT molecular complexity index is 673. The monoisotopic (exact) mass is 362 g/mol. The molecule has 24 heavy (non-hydrogen) atoms. The molecular formula is C19H23ClN2OS. The summed E-state index contributed by atoms with van der Waals surface area (Å²) in [6.07, 6.45) is 0.969. The normalized spacial score (nSPS) is 11.9. The van der Waals surface area contributed by atoms with E-state index in [-0.39, 0.29) is 6.04 Å². The van der Waals surface area contributed by atoms with Gasteiger partial charge in [-0.25, -0.2) is 0 Å². The number of para-hydroxylation sites is 1. The number of benzene rings is 2. The van der Waals surface area contributed by atoms with E-state index in [4.69, 9.17) is 28.6 Å². The molecule has 0 saturated carbocycles. The van der Waals surface area contributed by atoms with Crippen LogP contribution < -0.4 is 15.4 Å². The summed E-state index contributed by atoms with van der Waals surface area (Å²) >= 11 is 11.6. The molecular weight excluding hydrogens is 340 g/mol. The van der Waals surface area contributed by atoms with Gasteiger partial charge in [-0.1, -0.05) is 49.7 Å². The molecule has 128 valence electrons. The summed E-state index contributed by atoms with van der Waals surface area (Å²) < 4.78 is 5.23. The van der Waals surface area contributed by atoms with Gasteiger partial charge < -0.3 is 15.4 Å². The predicted octanol–water partition coefficient (Wildman–Crippen LogP) is 5.42. The molecule has 0 aliphatic heterocycles. The van der Waals surface area contributed by atoms with Crippen LogP contribution in [-0.2, 0) is 0 Å². The Morgan fingerprint density at radius 3 is 2.38 bits per heavy atom. The molecule has 0 saturated heterocycles. The predicted molar refractivity (Wildman–Crippen MR) is 106 cm³/mol. The highest BCUT2D eigenvalue weighted by Crippen LogP contribution is 2.25. The van der Waals surface area contributed by atoms with Gasteiger partial charge in [-0.05, 0) is 54.4 Å². The molecule has 0 radical (unpaired) electrons. The SMILES string of the molecule is COc1ccc([C@H](CC(C)C)NC(=S)Nc2ccccc2Cl)cc1. The second-order valence-electron chi connectivity index (χ2n) is 6.03. The maximum Gasteiger partial charge on any atom is 0.171 e. The summed E-state index contributed by atoms with van der Waals surface area (Å²) in [5.74, 6) is 1.38. The fourth-order valence-corrected chi connectivity index (χ4v) is 2.90. The van der Waals surface area contributed by atoms with E-state index >= 15 is 0 Å². The fourth-order valence-electron chi connectivity index (χ4n) is 2.47. The standard InChI is InChI=1S/C19H23ClN2OS/c1-13(2)12-18(14-8-10-15(23-3)11-9-14)22-19(24)21-17-7-5-4-6-16(17)20/h4-11,13,18H,12H2,1-3H3,(H2,21,22,24)/t18-/m0/s1. The van der Waals surface area contributed by atoms with E-state index in [2.05, 4.69) is 36.6 Å². The van der Waals surface area contributed by atoms with E-state index in [0.29, 0.717) is 16.1 Å². The van der Waals surface area contributed by atoms with Crippen molar-refractivity contribution in [1.29, 1.82) is 0 Å². The third kappa shape index (κ3) is 5.39. The summed E-state index contributed by atoms with van der Waals surface area (Å²) in [5, 5.41) is 7.77. The molecule has 0 unspecified atom stereocenters. The minimum Gasteiger partial charge on any atom is -0.497 e. The van der Waals surface area contributed by atoms with E-state index in [9.17, 15) is 0 Å². The first-order chi connectivity index (χ1) is 11.5. The van der Waals surface area contributed by atoms with Crippen LogP contribution in [0.5, 0.6) is 5.75 Å². The summed E-state index contributed by atoms with van der Waals surface area (Å²) in [5.41, 5.74) is 1.97. The van der Waals surface area contributed by atoms with E-state index in [0.717, 1.165) is 17.9 Å². The van der Waals surface area contributed by atoms with Crippen LogP contribution in [-0.4, -0.2) is 12.2 Å². The number of thiocarbonyl (C=S) groups is 1. The number of halogens is 1. The second-order valence-corrected chi connectivity index (χ2v) is 6.85. The zero-order chi connectivity index (χ0) is 17.5. The summed E-state index contributed by atoms with van der Waals surface area (Å²) in [6, 6.07) is 15.7. The fraction of sp³-hybridized carbons (Fsp3) is 0.316. The third-order valence-electron chi connectivity index (χ3n) is 3.65. The van der Waals surface area contributed by atoms with E-state index in [1.54, 1.807) is 7.11 Å². The number of hydrogen-bond acceptors (Lipinski definition) is 2. The van der Waals surface area contributed by atoms with Gasteiger partial charge in [0.1, 0.15) is 5.75 Å². The van der Waals surface area contributed by atoms with Crippen molar-refractivity contribution in [3.05, 3.63) is 59.1 Å². The lowest BCUT2D eigenvalue weighted by Crippen LogP contribution is -2.33. The van der Waals surface area contributed by atoms with Gasteiger partial charge in [-0.2, -0.15) is 0 Å². The first-order valence-electron chi connectivity index (χ1n) is 7.95. The number of anilines is 1. The van der Waals surface area contributed by atoms with Gasteiger partial charge in [-0.15, -0.1) is 0 Å². The molecule has 2 aromatic carbocycles. The van der Waals surface area contributed by atoms with Crippen molar-refractivity contribution in [3.8, 4) is 5.75 Å². The molecule has 5 heteroatoms. The smallest absolute Gasteiger partial charge is 0.171 e. The van der Waals surface area contributed by atoms with Crippen molar-refractivity contribution in [2.45, 2.75) is 26.3 Å². The van der Waals surface area contributed by atoms with Crippen molar-refractivity contribution in [2.24, 2.45) is 5.92 Å². The topological polar surface area (TPSA) is 33.3 Å². The van der Waals surface area contributed by atoms with E-state index in [1.807, 2.05) is 36.4 Å². The number of hydrogen-bond donors (Lipinski definition) is 2. The van der Waals surface area contributed by atoms with Gasteiger partial charge in [0.2, 0.25) is 0 Å². The molecule has 0 aliphatic carbocycles. The Kier molecular flexibility index (Phi) is 6.88.